The number of rotatable bonds is 6. The molecule has 0 bridgehead atoms. The Labute approximate surface area is 187 Å². The molecule has 3 rings (SSSR count). The number of ketones is 1. The fourth-order valence-corrected chi connectivity index (χ4v) is 3.82. The van der Waals surface area contributed by atoms with E-state index in [1.54, 1.807) is 11.5 Å². The van der Waals surface area contributed by atoms with Gasteiger partial charge in [-0.2, -0.15) is 0 Å². The fourth-order valence-electron chi connectivity index (χ4n) is 3.82. The molecule has 0 fully saturated rings. The van der Waals surface area contributed by atoms with Gasteiger partial charge in [-0.15, -0.1) is 13.2 Å². The molecule has 0 N–H and O–H groups in total. The first-order valence-corrected chi connectivity index (χ1v) is 9.96. The minimum absolute atomic E-state index is 0.121. The number of ether oxygens (including phenoxy) is 4. The van der Waals surface area contributed by atoms with Gasteiger partial charge in [-0.1, -0.05) is 0 Å². The first-order valence-electron chi connectivity index (χ1n) is 9.96. The molecular weight excluding hydrogens is 447 g/mol. The lowest BCUT2D eigenvalue weighted by molar-refractivity contribution is -0.274. The van der Waals surface area contributed by atoms with Crippen LogP contribution in [0.15, 0.2) is 24.3 Å². The van der Waals surface area contributed by atoms with Crippen molar-refractivity contribution in [2.45, 2.75) is 52.7 Å². The van der Waals surface area contributed by atoms with Crippen LogP contribution in [-0.2, 0) is 25.5 Å². The Morgan fingerprint density at radius 3 is 2.24 bits per heavy atom. The van der Waals surface area contributed by atoms with Gasteiger partial charge in [0.15, 0.2) is 17.6 Å². The Bertz CT molecular complexity index is 1070. The van der Waals surface area contributed by atoms with Crippen molar-refractivity contribution in [3.05, 3.63) is 41.2 Å². The number of alkyl halides is 3. The van der Waals surface area contributed by atoms with E-state index in [0.717, 1.165) is 12.1 Å². The van der Waals surface area contributed by atoms with Gasteiger partial charge in [-0.05, 0) is 38.1 Å². The average Bonchev–Trinajstić information content (AvgIpc) is 2.96. The number of nitrogens with zero attached hydrogens (tertiary/aromatic N) is 1. The van der Waals surface area contributed by atoms with Crippen molar-refractivity contribution in [1.82, 2.24) is 4.57 Å². The summed E-state index contributed by atoms with van der Waals surface area (Å²) in [6.45, 7) is 5.28. The second-order valence-electron chi connectivity index (χ2n) is 7.48. The molecule has 11 heteroatoms. The summed E-state index contributed by atoms with van der Waals surface area (Å²) in [5.41, 5.74) is 1.71. The van der Waals surface area contributed by atoms with Crippen molar-refractivity contribution in [2.24, 2.45) is 0 Å². The predicted molar refractivity (Wildman–Crippen MR) is 108 cm³/mol. The number of fused-ring (bicyclic) bond motifs is 1. The molecule has 2 heterocycles. The van der Waals surface area contributed by atoms with E-state index in [2.05, 4.69) is 4.74 Å². The number of esters is 2. The van der Waals surface area contributed by atoms with Crippen molar-refractivity contribution >= 4 is 17.7 Å². The third-order valence-corrected chi connectivity index (χ3v) is 4.98. The van der Waals surface area contributed by atoms with Crippen molar-refractivity contribution < 1.29 is 46.5 Å². The lowest BCUT2D eigenvalue weighted by Gasteiger charge is -2.32. The van der Waals surface area contributed by atoms with Crippen molar-refractivity contribution in [2.75, 3.05) is 6.61 Å². The van der Waals surface area contributed by atoms with Crippen LogP contribution in [0.4, 0.5) is 13.2 Å². The Hall–Kier alpha value is -3.50. The normalized spacial score (nSPS) is 17.5. The number of hydrogen-bond acceptors (Lipinski definition) is 7. The summed E-state index contributed by atoms with van der Waals surface area (Å²) in [5, 5.41) is 0. The Kier molecular flexibility index (Phi) is 6.71. The first kappa shape index (κ1) is 24.1. The molecule has 0 saturated carbocycles. The van der Waals surface area contributed by atoms with Crippen LogP contribution in [0.25, 0.3) is 5.69 Å². The lowest BCUT2D eigenvalue weighted by atomic mass is 10.0. The van der Waals surface area contributed by atoms with Crippen LogP contribution in [0.1, 0.15) is 42.5 Å². The molecule has 2 atom stereocenters. The zero-order valence-electron chi connectivity index (χ0n) is 18.3. The molecular formula is C22H22F3NO7. The van der Waals surface area contributed by atoms with E-state index in [4.69, 9.17) is 14.2 Å². The third kappa shape index (κ3) is 5.47. The van der Waals surface area contributed by atoms with Gasteiger partial charge < -0.3 is 23.5 Å². The maximum absolute atomic E-state index is 12.5. The highest BCUT2D eigenvalue weighted by Crippen LogP contribution is 2.39. The quantitative estimate of drug-likeness (QED) is 0.471. The molecule has 0 amide bonds. The molecule has 0 aliphatic carbocycles. The van der Waals surface area contributed by atoms with Gasteiger partial charge in [0.2, 0.25) is 0 Å². The minimum atomic E-state index is -4.83. The molecule has 2 aromatic rings. The first-order chi connectivity index (χ1) is 15.4. The van der Waals surface area contributed by atoms with Crippen LogP contribution in [0.3, 0.4) is 0 Å². The van der Waals surface area contributed by atoms with Crippen LogP contribution in [0.2, 0.25) is 0 Å². The lowest BCUT2D eigenvalue weighted by Crippen LogP contribution is -2.44. The summed E-state index contributed by atoms with van der Waals surface area (Å²) in [7, 11) is 0. The molecule has 1 aliphatic heterocycles. The molecule has 0 unspecified atom stereocenters. The zero-order chi connectivity index (χ0) is 24.5. The number of halogens is 3. The summed E-state index contributed by atoms with van der Waals surface area (Å²) in [6.07, 6.45) is -6.37. The highest BCUT2D eigenvalue weighted by molar-refractivity contribution is 5.99. The highest BCUT2D eigenvalue weighted by atomic mass is 19.4. The Morgan fingerprint density at radius 2 is 1.73 bits per heavy atom. The highest BCUT2D eigenvalue weighted by Gasteiger charge is 2.39. The standard InChI is InChI=1S/C22H22F3NO7/c1-11-20(12(2)27)21-17(9-18(31-14(4)29)19(32-21)10-30-13(3)28)26(11)15-5-7-16(8-6-15)33-22(23,24)25/h5-8,18-19H,9-10H2,1-4H3/t18-,19+/m0/s1. The van der Waals surface area contributed by atoms with Crippen molar-refractivity contribution in [1.29, 1.82) is 0 Å². The van der Waals surface area contributed by atoms with E-state index in [1.807, 2.05) is 0 Å². The Balaban J connectivity index is 2.06. The van der Waals surface area contributed by atoms with E-state index in [0.29, 0.717) is 17.1 Å². The van der Waals surface area contributed by atoms with E-state index in [-0.39, 0.29) is 30.1 Å². The molecule has 33 heavy (non-hydrogen) atoms. The third-order valence-electron chi connectivity index (χ3n) is 4.98. The van der Waals surface area contributed by atoms with Crippen LogP contribution < -0.4 is 9.47 Å². The second kappa shape index (κ2) is 9.16. The average molecular weight is 469 g/mol. The van der Waals surface area contributed by atoms with Gasteiger partial charge in [0, 0.05) is 31.6 Å². The van der Waals surface area contributed by atoms with Crippen molar-refractivity contribution in [3.63, 3.8) is 0 Å². The maximum atomic E-state index is 12.5. The van der Waals surface area contributed by atoms with E-state index in [9.17, 15) is 27.6 Å². The number of hydrogen-bond donors (Lipinski definition) is 0. The molecule has 0 spiro atoms. The number of carbonyl (C=O) groups excluding carboxylic acids is 3. The zero-order valence-corrected chi connectivity index (χ0v) is 18.3. The Morgan fingerprint density at radius 1 is 1.09 bits per heavy atom. The van der Waals surface area contributed by atoms with Gasteiger partial charge in [0.1, 0.15) is 18.5 Å². The van der Waals surface area contributed by atoms with E-state index in [1.165, 1.54) is 32.9 Å². The largest absolute Gasteiger partial charge is 0.573 e. The maximum Gasteiger partial charge on any atom is 0.573 e. The van der Waals surface area contributed by atoms with Gasteiger partial charge >= 0.3 is 18.3 Å². The SMILES string of the molecule is CC(=O)OC[C@H]1Oc2c(C(C)=O)c(C)n(-c3ccc(OC(F)(F)F)cc3)c2C[C@@H]1OC(C)=O. The number of Topliss-reactive ketones (excluding diaryl/α,β-unsaturated/α-hetero) is 1. The summed E-state index contributed by atoms with van der Waals surface area (Å²) in [4.78, 5) is 35.3. The summed E-state index contributed by atoms with van der Waals surface area (Å²) >= 11 is 0. The second-order valence-corrected chi connectivity index (χ2v) is 7.48. The van der Waals surface area contributed by atoms with Gasteiger partial charge in [0.25, 0.3) is 0 Å². The van der Waals surface area contributed by atoms with Crippen LogP contribution in [-0.4, -0.2) is 47.5 Å². The molecule has 8 nitrogen and oxygen atoms in total. The summed E-state index contributed by atoms with van der Waals surface area (Å²) in [6, 6.07) is 5.12. The smallest absolute Gasteiger partial charge is 0.480 e. The predicted octanol–water partition coefficient (Wildman–Crippen LogP) is 3.69. The molecule has 0 radical (unpaired) electrons. The van der Waals surface area contributed by atoms with Crippen molar-refractivity contribution in [3.8, 4) is 17.2 Å². The fraction of sp³-hybridized carbons (Fsp3) is 0.409. The van der Waals surface area contributed by atoms with Gasteiger partial charge in [-0.3, -0.25) is 14.4 Å². The molecule has 1 aliphatic rings. The molecule has 178 valence electrons. The van der Waals surface area contributed by atoms with Gasteiger partial charge in [-0.25, -0.2) is 0 Å². The van der Waals surface area contributed by atoms with E-state index < -0.39 is 36.3 Å². The number of aromatic nitrogens is 1. The monoisotopic (exact) mass is 469 g/mol. The van der Waals surface area contributed by atoms with E-state index >= 15 is 0 Å². The van der Waals surface area contributed by atoms with Crippen LogP contribution in [0.5, 0.6) is 11.5 Å². The minimum Gasteiger partial charge on any atom is -0.480 e. The number of benzene rings is 1. The molecule has 1 aromatic heterocycles. The molecule has 0 saturated heterocycles. The van der Waals surface area contributed by atoms with Gasteiger partial charge in [0.05, 0.1) is 11.3 Å². The summed E-state index contributed by atoms with van der Waals surface area (Å²) in [5.74, 6) is -1.57. The topological polar surface area (TPSA) is 93.1 Å². The summed E-state index contributed by atoms with van der Waals surface area (Å²) < 4.78 is 59.4. The van der Waals surface area contributed by atoms with Crippen LogP contribution in [0, 0.1) is 6.92 Å². The molecule has 1 aromatic carbocycles. The van der Waals surface area contributed by atoms with Crippen LogP contribution >= 0.6 is 0 Å². The number of carbonyl (C=O) groups is 3.